The standard InChI is InChI=1S/C16H17BrFN3/c1-9-6-7-11(8-12(9)18)16-20-14(10-4-2-3-5-10)13(17)15(19)21-16/h6-8,10H,2-5H2,1H3,(H2,19,20,21). The maximum atomic E-state index is 13.8. The van der Waals surface area contributed by atoms with Crippen molar-refractivity contribution in [2.75, 3.05) is 5.73 Å². The van der Waals surface area contributed by atoms with Crippen LogP contribution in [0.4, 0.5) is 10.2 Å². The molecule has 1 aromatic heterocycles. The Morgan fingerprint density at radius 1 is 1.24 bits per heavy atom. The van der Waals surface area contributed by atoms with Crippen LogP contribution in [0.3, 0.4) is 0 Å². The maximum Gasteiger partial charge on any atom is 0.161 e. The first kappa shape index (κ1) is 14.4. The molecule has 1 aromatic carbocycles. The summed E-state index contributed by atoms with van der Waals surface area (Å²) >= 11 is 3.50. The zero-order valence-electron chi connectivity index (χ0n) is 11.9. The van der Waals surface area contributed by atoms with Gasteiger partial charge in [0.1, 0.15) is 11.6 Å². The number of hydrogen-bond donors (Lipinski definition) is 1. The molecule has 0 radical (unpaired) electrons. The molecule has 0 atom stereocenters. The quantitative estimate of drug-likeness (QED) is 0.862. The average molecular weight is 350 g/mol. The highest BCUT2D eigenvalue weighted by atomic mass is 79.9. The van der Waals surface area contributed by atoms with Gasteiger partial charge < -0.3 is 5.73 Å². The second-order valence-corrected chi connectivity index (χ2v) is 6.37. The maximum absolute atomic E-state index is 13.8. The van der Waals surface area contributed by atoms with E-state index < -0.39 is 0 Å². The van der Waals surface area contributed by atoms with Crippen molar-refractivity contribution in [2.24, 2.45) is 0 Å². The molecule has 1 fully saturated rings. The van der Waals surface area contributed by atoms with Crippen LogP contribution in [0.25, 0.3) is 11.4 Å². The topological polar surface area (TPSA) is 51.8 Å². The van der Waals surface area contributed by atoms with Gasteiger partial charge in [0.05, 0.1) is 10.2 Å². The number of hydrogen-bond acceptors (Lipinski definition) is 3. The number of nitrogens with zero attached hydrogens (tertiary/aromatic N) is 2. The Balaban J connectivity index is 2.08. The third-order valence-electron chi connectivity index (χ3n) is 4.07. The molecule has 1 aliphatic rings. The van der Waals surface area contributed by atoms with Crippen molar-refractivity contribution < 1.29 is 4.39 Å². The van der Waals surface area contributed by atoms with E-state index in [-0.39, 0.29) is 5.82 Å². The van der Waals surface area contributed by atoms with E-state index >= 15 is 0 Å². The highest BCUT2D eigenvalue weighted by Gasteiger charge is 2.23. The molecule has 110 valence electrons. The lowest BCUT2D eigenvalue weighted by atomic mass is 10.0. The Bertz CT molecular complexity index is 681. The van der Waals surface area contributed by atoms with Crippen molar-refractivity contribution in [3.05, 3.63) is 39.7 Å². The molecule has 2 aromatic rings. The van der Waals surface area contributed by atoms with Crippen molar-refractivity contribution in [3.8, 4) is 11.4 Å². The molecule has 3 nitrogen and oxygen atoms in total. The number of aromatic nitrogens is 2. The van der Waals surface area contributed by atoms with Crippen LogP contribution in [0.2, 0.25) is 0 Å². The van der Waals surface area contributed by atoms with Crippen LogP contribution in [0.1, 0.15) is 42.9 Å². The van der Waals surface area contributed by atoms with Crippen LogP contribution in [-0.2, 0) is 0 Å². The highest BCUT2D eigenvalue weighted by molar-refractivity contribution is 9.10. The number of rotatable bonds is 2. The van der Waals surface area contributed by atoms with Crippen LogP contribution in [-0.4, -0.2) is 9.97 Å². The number of nitrogen functional groups attached to an aromatic ring is 1. The van der Waals surface area contributed by atoms with E-state index in [4.69, 9.17) is 5.73 Å². The van der Waals surface area contributed by atoms with Gasteiger partial charge in [0.25, 0.3) is 0 Å². The lowest BCUT2D eigenvalue weighted by Crippen LogP contribution is -2.06. The smallest absolute Gasteiger partial charge is 0.161 e. The Morgan fingerprint density at radius 3 is 2.62 bits per heavy atom. The van der Waals surface area contributed by atoms with Crippen LogP contribution in [0.15, 0.2) is 22.7 Å². The largest absolute Gasteiger partial charge is 0.383 e. The molecule has 0 amide bonds. The van der Waals surface area contributed by atoms with Crippen LogP contribution in [0, 0.1) is 12.7 Å². The van der Waals surface area contributed by atoms with Gasteiger partial charge in [-0.25, -0.2) is 14.4 Å². The van der Waals surface area contributed by atoms with Gasteiger partial charge in [-0.3, -0.25) is 0 Å². The molecular formula is C16H17BrFN3. The summed E-state index contributed by atoms with van der Waals surface area (Å²) in [6.45, 7) is 1.74. The lowest BCUT2D eigenvalue weighted by molar-refractivity contribution is 0.619. The second kappa shape index (κ2) is 5.72. The molecule has 0 spiro atoms. The van der Waals surface area contributed by atoms with Gasteiger partial charge in [0.15, 0.2) is 5.82 Å². The molecular weight excluding hydrogens is 333 g/mol. The van der Waals surface area contributed by atoms with Gasteiger partial charge in [0.2, 0.25) is 0 Å². The SMILES string of the molecule is Cc1ccc(-c2nc(N)c(Br)c(C3CCCC3)n2)cc1F. The minimum absolute atomic E-state index is 0.250. The predicted molar refractivity (Wildman–Crippen MR) is 85.5 cm³/mol. The molecule has 2 N–H and O–H groups in total. The van der Waals surface area contributed by atoms with Crippen LogP contribution in [0.5, 0.6) is 0 Å². The molecule has 0 saturated heterocycles. The Hall–Kier alpha value is -1.49. The summed E-state index contributed by atoms with van der Waals surface area (Å²) in [5, 5.41) is 0. The summed E-state index contributed by atoms with van der Waals surface area (Å²) in [7, 11) is 0. The van der Waals surface area contributed by atoms with E-state index in [2.05, 4.69) is 25.9 Å². The normalized spacial score (nSPS) is 15.6. The van der Waals surface area contributed by atoms with Crippen LogP contribution >= 0.6 is 15.9 Å². The third kappa shape index (κ3) is 2.79. The summed E-state index contributed by atoms with van der Waals surface area (Å²) in [5.74, 6) is 1.08. The zero-order valence-corrected chi connectivity index (χ0v) is 13.5. The number of aryl methyl sites for hydroxylation is 1. The summed E-state index contributed by atoms with van der Waals surface area (Å²) in [5.41, 5.74) is 8.23. The lowest BCUT2D eigenvalue weighted by Gasteiger charge is -2.14. The Kier molecular flexibility index (Phi) is 3.93. The molecule has 1 saturated carbocycles. The molecule has 0 aliphatic heterocycles. The molecule has 0 unspecified atom stereocenters. The number of anilines is 1. The van der Waals surface area contributed by atoms with Crippen molar-refractivity contribution >= 4 is 21.7 Å². The van der Waals surface area contributed by atoms with Gasteiger partial charge in [-0.15, -0.1) is 0 Å². The summed E-state index contributed by atoms with van der Waals surface area (Å²) in [4.78, 5) is 8.95. The van der Waals surface area contributed by atoms with Gasteiger partial charge in [-0.05, 0) is 47.3 Å². The Labute approximate surface area is 131 Å². The molecule has 0 bridgehead atoms. The number of benzene rings is 1. The average Bonchev–Trinajstić information content (AvgIpc) is 2.98. The monoisotopic (exact) mass is 349 g/mol. The van der Waals surface area contributed by atoms with Gasteiger partial charge in [-0.2, -0.15) is 0 Å². The summed E-state index contributed by atoms with van der Waals surface area (Å²) in [6, 6.07) is 5.04. The minimum Gasteiger partial charge on any atom is -0.383 e. The second-order valence-electron chi connectivity index (χ2n) is 5.58. The molecule has 1 heterocycles. The molecule has 5 heteroatoms. The minimum atomic E-state index is -0.250. The predicted octanol–water partition coefficient (Wildman–Crippen LogP) is 4.59. The summed E-state index contributed by atoms with van der Waals surface area (Å²) in [6.07, 6.45) is 4.68. The first-order chi connectivity index (χ1) is 10.1. The van der Waals surface area contributed by atoms with E-state index in [0.29, 0.717) is 28.7 Å². The highest BCUT2D eigenvalue weighted by Crippen LogP contribution is 2.39. The fraction of sp³-hybridized carbons (Fsp3) is 0.375. The summed E-state index contributed by atoms with van der Waals surface area (Å²) < 4.78 is 14.5. The van der Waals surface area contributed by atoms with Gasteiger partial charge in [0, 0.05) is 11.5 Å². The van der Waals surface area contributed by atoms with Crippen LogP contribution < -0.4 is 5.73 Å². The first-order valence-electron chi connectivity index (χ1n) is 7.15. The van der Waals surface area contributed by atoms with Crippen molar-refractivity contribution in [3.63, 3.8) is 0 Å². The van der Waals surface area contributed by atoms with E-state index in [0.717, 1.165) is 23.0 Å². The van der Waals surface area contributed by atoms with Crippen molar-refractivity contribution in [1.29, 1.82) is 0 Å². The van der Waals surface area contributed by atoms with Gasteiger partial charge in [-0.1, -0.05) is 25.0 Å². The molecule has 21 heavy (non-hydrogen) atoms. The van der Waals surface area contributed by atoms with E-state index in [1.807, 2.05) is 6.07 Å². The van der Waals surface area contributed by atoms with E-state index in [1.165, 1.54) is 18.9 Å². The molecule has 3 rings (SSSR count). The fourth-order valence-corrected chi connectivity index (χ4v) is 3.31. The number of nitrogens with two attached hydrogens (primary N) is 1. The van der Waals surface area contributed by atoms with Gasteiger partial charge >= 0.3 is 0 Å². The van der Waals surface area contributed by atoms with E-state index in [9.17, 15) is 4.39 Å². The fourth-order valence-electron chi connectivity index (χ4n) is 2.81. The zero-order chi connectivity index (χ0) is 15.0. The first-order valence-corrected chi connectivity index (χ1v) is 7.95. The Morgan fingerprint density at radius 2 is 1.95 bits per heavy atom. The number of halogens is 2. The van der Waals surface area contributed by atoms with E-state index in [1.54, 1.807) is 13.0 Å². The molecule has 1 aliphatic carbocycles. The van der Waals surface area contributed by atoms with Crippen molar-refractivity contribution in [2.45, 2.75) is 38.5 Å². The third-order valence-corrected chi connectivity index (χ3v) is 4.89. The van der Waals surface area contributed by atoms with Crippen molar-refractivity contribution in [1.82, 2.24) is 9.97 Å².